The van der Waals surface area contributed by atoms with Gasteiger partial charge in [0, 0.05) is 17.8 Å². The third-order valence-corrected chi connectivity index (χ3v) is 18.0. The molecule has 0 aromatic rings. The van der Waals surface area contributed by atoms with E-state index in [0.29, 0.717) is 19.3 Å². The van der Waals surface area contributed by atoms with E-state index in [9.17, 15) is 50.4 Å². The van der Waals surface area contributed by atoms with Crippen LogP contribution in [0.25, 0.3) is 0 Å². The van der Waals surface area contributed by atoms with Crippen molar-refractivity contribution >= 4 is 12.3 Å². The number of aliphatic hydroxyl groups is 8. The van der Waals surface area contributed by atoms with Crippen LogP contribution in [0.2, 0.25) is 0 Å². The maximum absolute atomic E-state index is 13.9. The van der Waals surface area contributed by atoms with E-state index in [-0.39, 0.29) is 54.1 Å². The second-order valence-corrected chi connectivity index (χ2v) is 21.7. The lowest BCUT2D eigenvalue weighted by molar-refractivity contribution is -0.383. The third kappa shape index (κ3) is 7.60. The van der Waals surface area contributed by atoms with Crippen LogP contribution in [0.1, 0.15) is 106 Å². The van der Waals surface area contributed by atoms with Gasteiger partial charge in [0.1, 0.15) is 67.3 Å². The molecule has 17 heteroatoms. The Morgan fingerprint density at radius 3 is 2.03 bits per heavy atom. The van der Waals surface area contributed by atoms with Gasteiger partial charge in [-0.2, -0.15) is 0 Å². The summed E-state index contributed by atoms with van der Waals surface area (Å²) in [5, 5.41) is 86.7. The molecule has 4 heterocycles. The summed E-state index contributed by atoms with van der Waals surface area (Å²) in [5.74, 6) is -0.783. The van der Waals surface area contributed by atoms with Gasteiger partial charge in [-0.25, -0.2) is 4.79 Å². The van der Waals surface area contributed by atoms with Gasteiger partial charge in [0.25, 0.3) is 0 Å². The Morgan fingerprint density at radius 1 is 0.683 bits per heavy atom. The molecule has 63 heavy (non-hydrogen) atoms. The molecule has 0 aromatic heterocycles. The van der Waals surface area contributed by atoms with Crippen LogP contribution in [0, 0.1) is 45.3 Å². The van der Waals surface area contributed by atoms with Crippen molar-refractivity contribution in [3.8, 4) is 0 Å². The van der Waals surface area contributed by atoms with Crippen LogP contribution in [-0.2, 0) is 42.7 Å². The zero-order valence-electron chi connectivity index (χ0n) is 37.7. The maximum Gasteiger partial charge on any atom is 0.339 e. The minimum atomic E-state index is -1.73. The second kappa shape index (κ2) is 17.1. The van der Waals surface area contributed by atoms with Gasteiger partial charge in [-0.1, -0.05) is 33.3 Å². The largest absolute Gasteiger partial charge is 0.456 e. The fourth-order valence-corrected chi connectivity index (χ4v) is 14.4. The van der Waals surface area contributed by atoms with Gasteiger partial charge in [-0.05, 0) is 112 Å². The first-order chi connectivity index (χ1) is 29.5. The van der Waals surface area contributed by atoms with Crippen LogP contribution in [0.15, 0.2) is 11.6 Å². The molecular formula is C46H72O17. The van der Waals surface area contributed by atoms with Gasteiger partial charge < -0.3 is 78.8 Å². The molecule has 0 unspecified atom stereocenters. The van der Waals surface area contributed by atoms with Gasteiger partial charge >= 0.3 is 5.97 Å². The number of ether oxygens (including phenoxy) is 7. The summed E-state index contributed by atoms with van der Waals surface area (Å²) in [6.07, 6.45) is -11.0. The number of carbonyl (C=O) groups excluding carboxylic acids is 2. The molecule has 8 fully saturated rings. The number of esters is 1. The van der Waals surface area contributed by atoms with Gasteiger partial charge in [0.15, 0.2) is 24.5 Å². The van der Waals surface area contributed by atoms with Crippen molar-refractivity contribution in [1.82, 2.24) is 0 Å². The molecule has 4 aliphatic carbocycles. The van der Waals surface area contributed by atoms with E-state index < -0.39 is 115 Å². The van der Waals surface area contributed by atoms with Gasteiger partial charge in [0.2, 0.25) is 0 Å². The number of aldehydes is 1. The summed E-state index contributed by atoms with van der Waals surface area (Å²) in [7, 11) is 0. The first-order valence-corrected chi connectivity index (χ1v) is 23.2. The van der Waals surface area contributed by atoms with E-state index in [1.165, 1.54) is 13.2 Å². The lowest BCUT2D eigenvalue weighted by Gasteiger charge is -2.69. The quantitative estimate of drug-likeness (QED) is 0.0695. The van der Waals surface area contributed by atoms with Gasteiger partial charge in [-0.15, -0.1) is 0 Å². The number of aliphatic hydroxyl groups excluding tert-OH is 7. The normalized spacial score (nSPS) is 54.3. The summed E-state index contributed by atoms with van der Waals surface area (Å²) in [5.41, 5.74) is -2.36. The summed E-state index contributed by atoms with van der Waals surface area (Å²) in [6.45, 7) is 13.6. The highest BCUT2D eigenvalue weighted by molar-refractivity contribution is 5.82. The molecule has 8 rings (SSSR count). The summed E-state index contributed by atoms with van der Waals surface area (Å²) in [4.78, 5) is 27.3. The smallest absolute Gasteiger partial charge is 0.339 e. The van der Waals surface area contributed by atoms with E-state index in [1.807, 2.05) is 19.9 Å². The van der Waals surface area contributed by atoms with E-state index in [1.54, 1.807) is 0 Å². The Balaban J connectivity index is 1.04. The molecule has 0 spiro atoms. The number of cyclic esters (lactones) is 1. The van der Waals surface area contributed by atoms with E-state index in [2.05, 4.69) is 27.7 Å². The highest BCUT2D eigenvalue weighted by atomic mass is 16.8. The predicted octanol–water partition coefficient (Wildman–Crippen LogP) is 1.00. The van der Waals surface area contributed by atoms with Crippen molar-refractivity contribution in [1.29, 1.82) is 0 Å². The molecule has 8 aliphatic rings. The molecule has 4 saturated heterocycles. The number of allylic oxidation sites excluding steroid dienone is 1. The fraction of sp³-hybridized carbons (Fsp3) is 0.913. The SMILES string of the molecule is CC(C)=C[C@H]1C[C@@](O)([C@H]2CC[C@]3(C)[C@H]2CC[C@@H]2[C@@]4(C=O)CC[C@H](O[C@@H]5OC[C@H](O)[C@H](O[C@@H]6OC[C@@H](O)[C@H](O)[C@H]6O)[C@H]5O[C@@H]5O[C@@H](C)[C@H](O)[C@@H](O)[C@H]5O)C(C)(C)[C@@H]4CC[C@]23C)C(=O)O1. The van der Waals surface area contributed by atoms with Crippen LogP contribution in [-0.4, -0.2) is 164 Å². The number of rotatable bonds is 9. The average molecular weight is 897 g/mol. The molecule has 0 bridgehead atoms. The number of hydrogen-bond donors (Lipinski definition) is 8. The Bertz CT molecular complexity index is 1720. The standard InChI is InChI=1S/C46H72O17/c1-21(2)16-23-17-46(56,41(55)60-23)25-10-13-43(6)24(25)8-9-29-44(43,7)14-11-28-42(4,5)30(12-15-45(28,29)20-47)61-40-37(63-39-35(54)33(52)31(50)22(3)59-39)36(27(49)19-58-40)62-38-34(53)32(51)26(48)18-57-38/h16,20,22-40,48-54,56H,8-15,17-19H2,1-7H3/t22-,23-,24-,25-,26+,27-,28-,29-,30-,31-,32-,33+,34+,35+,36-,37+,38-,39-,40-,43+,44+,45+,46+/m0/s1. The van der Waals surface area contributed by atoms with Crippen LogP contribution >= 0.6 is 0 Å². The zero-order valence-corrected chi connectivity index (χ0v) is 37.7. The maximum atomic E-state index is 13.9. The Kier molecular flexibility index (Phi) is 13.0. The van der Waals surface area contributed by atoms with E-state index >= 15 is 0 Å². The second-order valence-electron chi connectivity index (χ2n) is 21.7. The lowest BCUT2D eigenvalue weighted by atomic mass is 9.35. The molecule has 8 N–H and O–H groups in total. The lowest BCUT2D eigenvalue weighted by Crippen LogP contribution is -2.67. The van der Waals surface area contributed by atoms with Gasteiger partial charge in [-0.3, -0.25) is 0 Å². The van der Waals surface area contributed by atoms with E-state index in [0.717, 1.165) is 37.7 Å². The van der Waals surface area contributed by atoms with Crippen LogP contribution in [0.5, 0.6) is 0 Å². The highest BCUT2D eigenvalue weighted by Crippen LogP contribution is 2.76. The first kappa shape index (κ1) is 47.8. The summed E-state index contributed by atoms with van der Waals surface area (Å²) >= 11 is 0. The van der Waals surface area contributed by atoms with Crippen LogP contribution in [0.4, 0.5) is 0 Å². The van der Waals surface area contributed by atoms with Crippen molar-refractivity contribution in [2.75, 3.05) is 13.2 Å². The first-order valence-electron chi connectivity index (χ1n) is 23.2. The third-order valence-electron chi connectivity index (χ3n) is 18.0. The van der Waals surface area contributed by atoms with Crippen molar-refractivity contribution in [3.63, 3.8) is 0 Å². The zero-order chi connectivity index (χ0) is 45.8. The Hall–Kier alpha value is -1.68. The van der Waals surface area contributed by atoms with Crippen molar-refractivity contribution in [2.24, 2.45) is 45.3 Å². The Morgan fingerprint density at radius 2 is 1.33 bits per heavy atom. The van der Waals surface area contributed by atoms with Gasteiger partial charge in [0.05, 0.1) is 25.4 Å². The molecule has 0 radical (unpaired) electrons. The minimum absolute atomic E-state index is 0.0319. The number of fused-ring (bicyclic) bond motifs is 5. The number of carbonyl (C=O) groups is 2. The molecule has 4 saturated carbocycles. The molecular weight excluding hydrogens is 824 g/mol. The molecule has 0 amide bonds. The van der Waals surface area contributed by atoms with Crippen molar-refractivity contribution < 1.29 is 83.6 Å². The van der Waals surface area contributed by atoms with Crippen LogP contribution < -0.4 is 0 Å². The fourth-order valence-electron chi connectivity index (χ4n) is 14.4. The molecule has 4 aliphatic heterocycles. The minimum Gasteiger partial charge on any atom is -0.456 e. The summed E-state index contributed by atoms with van der Waals surface area (Å²) in [6, 6.07) is 0. The Labute approximate surface area is 369 Å². The molecule has 358 valence electrons. The van der Waals surface area contributed by atoms with E-state index in [4.69, 9.17) is 33.2 Å². The number of hydrogen-bond acceptors (Lipinski definition) is 17. The monoisotopic (exact) mass is 896 g/mol. The molecule has 23 atom stereocenters. The van der Waals surface area contributed by atoms with Crippen molar-refractivity contribution in [2.45, 2.75) is 204 Å². The molecule has 17 nitrogen and oxygen atoms in total. The predicted molar refractivity (Wildman–Crippen MR) is 219 cm³/mol. The molecule has 0 aromatic carbocycles. The summed E-state index contributed by atoms with van der Waals surface area (Å²) < 4.78 is 42.5. The highest BCUT2D eigenvalue weighted by Gasteiger charge is 2.72. The average Bonchev–Trinajstić information content (AvgIpc) is 3.73. The van der Waals surface area contributed by atoms with Crippen molar-refractivity contribution in [3.05, 3.63) is 11.6 Å². The van der Waals surface area contributed by atoms with Crippen LogP contribution in [0.3, 0.4) is 0 Å². The topological polar surface area (TPSA) is 261 Å².